The average molecular weight is 542 g/mol. The first-order chi connectivity index (χ1) is 17.6. The van der Waals surface area contributed by atoms with Gasteiger partial charge in [-0.25, -0.2) is 4.79 Å². The molecule has 1 aromatic heterocycles. The van der Waals surface area contributed by atoms with E-state index < -0.39 is 50.8 Å². The Labute approximate surface area is 220 Å². The SMILES string of the molecule is Cc1onc(-c2ccccc2Cl)c1C(=O)N[C@@H]1C(=O)N2[C@@H]1S(=O)C(C)(C)[C@@H]2C(=O)OCc1ccccc1. The predicted molar refractivity (Wildman–Crippen MR) is 136 cm³/mol. The Morgan fingerprint density at radius 2 is 1.84 bits per heavy atom. The Hall–Kier alpha value is -3.50. The molecule has 2 aromatic carbocycles. The molecule has 2 aliphatic heterocycles. The molecular formula is C26H24ClN3O6S. The molecule has 3 aromatic rings. The number of esters is 1. The molecule has 1 N–H and O–H groups in total. The molecule has 2 amide bonds. The van der Waals surface area contributed by atoms with Crippen LogP contribution in [-0.2, 0) is 31.7 Å². The van der Waals surface area contributed by atoms with Crippen LogP contribution < -0.4 is 5.32 Å². The minimum Gasteiger partial charge on any atom is -0.459 e. The molecule has 2 aliphatic rings. The Bertz CT molecular complexity index is 1420. The first kappa shape index (κ1) is 25.2. The molecule has 3 heterocycles. The topological polar surface area (TPSA) is 119 Å². The number of aryl methyl sites for hydroxylation is 1. The summed E-state index contributed by atoms with van der Waals surface area (Å²) >= 11 is 6.29. The third kappa shape index (κ3) is 4.14. The number of carbonyl (C=O) groups is 3. The number of hydrogen-bond donors (Lipinski definition) is 1. The minimum atomic E-state index is -1.65. The van der Waals surface area contributed by atoms with Crippen LogP contribution in [0.4, 0.5) is 0 Å². The zero-order chi connectivity index (χ0) is 26.5. The van der Waals surface area contributed by atoms with E-state index >= 15 is 0 Å². The molecule has 5 rings (SSSR count). The van der Waals surface area contributed by atoms with E-state index in [0.717, 1.165) is 5.56 Å². The molecule has 0 bridgehead atoms. The van der Waals surface area contributed by atoms with Gasteiger partial charge in [0, 0.05) is 5.56 Å². The Kier molecular flexibility index (Phi) is 6.41. The lowest BCUT2D eigenvalue weighted by molar-refractivity contribution is -0.164. The lowest BCUT2D eigenvalue weighted by Gasteiger charge is -2.43. The molecule has 2 fully saturated rings. The second kappa shape index (κ2) is 9.42. The maximum atomic E-state index is 13.4. The molecule has 0 radical (unpaired) electrons. The summed E-state index contributed by atoms with van der Waals surface area (Å²) in [6, 6.07) is 13.9. The minimum absolute atomic E-state index is 0.0311. The fraction of sp³-hybridized carbons (Fsp3) is 0.308. The molecule has 37 heavy (non-hydrogen) atoms. The van der Waals surface area contributed by atoms with Gasteiger partial charge in [0.15, 0.2) is 0 Å². The van der Waals surface area contributed by atoms with E-state index in [2.05, 4.69) is 10.5 Å². The zero-order valence-corrected chi connectivity index (χ0v) is 21.8. The van der Waals surface area contributed by atoms with Gasteiger partial charge in [0.2, 0.25) is 5.91 Å². The van der Waals surface area contributed by atoms with Crippen molar-refractivity contribution in [2.24, 2.45) is 0 Å². The maximum absolute atomic E-state index is 13.4. The highest BCUT2D eigenvalue weighted by Crippen LogP contribution is 2.44. The van der Waals surface area contributed by atoms with Gasteiger partial charge >= 0.3 is 5.97 Å². The third-order valence-electron chi connectivity index (χ3n) is 6.71. The smallest absolute Gasteiger partial charge is 0.330 e. The molecule has 192 valence electrons. The molecule has 0 saturated carbocycles. The van der Waals surface area contributed by atoms with Crippen molar-refractivity contribution in [1.29, 1.82) is 0 Å². The number of rotatable bonds is 6. The van der Waals surface area contributed by atoms with Crippen molar-refractivity contribution in [3.8, 4) is 11.3 Å². The number of hydrogen-bond acceptors (Lipinski definition) is 7. The summed E-state index contributed by atoms with van der Waals surface area (Å²) in [5, 5.41) is 6.17. The van der Waals surface area contributed by atoms with Gasteiger partial charge in [-0.3, -0.25) is 13.8 Å². The average Bonchev–Trinajstić information content (AvgIpc) is 3.35. The summed E-state index contributed by atoms with van der Waals surface area (Å²) in [7, 11) is -1.65. The Balaban J connectivity index is 1.35. The van der Waals surface area contributed by atoms with Crippen molar-refractivity contribution in [3.05, 3.63) is 76.5 Å². The van der Waals surface area contributed by atoms with Crippen molar-refractivity contribution in [2.45, 2.75) is 49.6 Å². The normalized spacial score (nSPS) is 23.8. The van der Waals surface area contributed by atoms with Crippen LogP contribution in [0.5, 0.6) is 0 Å². The Morgan fingerprint density at radius 1 is 1.16 bits per heavy atom. The van der Waals surface area contributed by atoms with Gasteiger partial charge in [0.1, 0.15) is 41.1 Å². The highest BCUT2D eigenvalue weighted by atomic mass is 35.5. The van der Waals surface area contributed by atoms with Crippen molar-refractivity contribution < 1.29 is 27.9 Å². The standard InChI is InChI=1S/C26H24ClN3O6S/c1-14-18(19(29-36-14)16-11-7-8-12-17(16)27)22(31)28-20-23(32)30-21(26(2,3)37(34)24(20)30)25(33)35-13-15-9-5-4-6-10-15/h4-12,20-21,24H,13H2,1-3H3,(H,28,31)/t20-,21+,24-,37?/m1/s1. The quantitative estimate of drug-likeness (QED) is 0.376. The first-order valence-electron chi connectivity index (χ1n) is 11.6. The van der Waals surface area contributed by atoms with Gasteiger partial charge in [-0.15, -0.1) is 0 Å². The second-order valence-corrected chi connectivity index (χ2v) is 12.0. The van der Waals surface area contributed by atoms with Crippen LogP contribution in [0.15, 0.2) is 59.1 Å². The van der Waals surface area contributed by atoms with Crippen LogP contribution in [0.25, 0.3) is 11.3 Å². The van der Waals surface area contributed by atoms with Crippen LogP contribution in [0, 0.1) is 6.92 Å². The predicted octanol–water partition coefficient (Wildman–Crippen LogP) is 3.22. The number of fused-ring (bicyclic) bond motifs is 1. The van der Waals surface area contributed by atoms with Crippen LogP contribution in [0.2, 0.25) is 5.02 Å². The van der Waals surface area contributed by atoms with Crippen molar-refractivity contribution in [2.75, 3.05) is 0 Å². The molecule has 0 aliphatic carbocycles. The number of benzene rings is 2. The van der Waals surface area contributed by atoms with Crippen LogP contribution in [-0.4, -0.2) is 54.3 Å². The highest BCUT2D eigenvalue weighted by Gasteiger charge is 2.68. The fourth-order valence-corrected chi connectivity index (χ4v) is 6.91. The summed E-state index contributed by atoms with van der Waals surface area (Å²) < 4.78 is 23.1. The number of nitrogens with zero attached hydrogens (tertiary/aromatic N) is 2. The zero-order valence-electron chi connectivity index (χ0n) is 20.3. The number of halogens is 1. The molecular weight excluding hydrogens is 518 g/mol. The van der Waals surface area contributed by atoms with Gasteiger partial charge < -0.3 is 19.5 Å². The molecule has 0 spiro atoms. The maximum Gasteiger partial charge on any atom is 0.330 e. The number of β-lactam (4-membered cyclic amide) rings is 1. The van der Waals surface area contributed by atoms with Gasteiger partial charge in [-0.2, -0.15) is 0 Å². The van der Waals surface area contributed by atoms with E-state index in [-0.39, 0.29) is 23.6 Å². The van der Waals surface area contributed by atoms with E-state index in [4.69, 9.17) is 20.9 Å². The van der Waals surface area contributed by atoms with Crippen molar-refractivity contribution in [1.82, 2.24) is 15.4 Å². The van der Waals surface area contributed by atoms with Gasteiger partial charge in [0.25, 0.3) is 5.91 Å². The lowest BCUT2D eigenvalue weighted by atomic mass is 9.95. The first-order valence-corrected chi connectivity index (χ1v) is 13.2. The van der Waals surface area contributed by atoms with Crippen molar-refractivity contribution >= 4 is 40.2 Å². The van der Waals surface area contributed by atoms with E-state index in [1.54, 1.807) is 45.0 Å². The molecule has 4 atom stereocenters. The van der Waals surface area contributed by atoms with Crippen LogP contribution in [0.1, 0.15) is 35.5 Å². The van der Waals surface area contributed by atoms with Crippen LogP contribution in [0.3, 0.4) is 0 Å². The lowest BCUT2D eigenvalue weighted by Crippen LogP contribution is -2.71. The summed E-state index contributed by atoms with van der Waals surface area (Å²) in [6.07, 6.45) is 0. The molecule has 11 heteroatoms. The monoisotopic (exact) mass is 541 g/mol. The number of ether oxygens (including phenoxy) is 1. The molecule has 1 unspecified atom stereocenters. The highest BCUT2D eigenvalue weighted by molar-refractivity contribution is 7.87. The molecule has 9 nitrogen and oxygen atoms in total. The summed E-state index contributed by atoms with van der Waals surface area (Å²) in [4.78, 5) is 40.8. The van der Waals surface area contributed by atoms with Gasteiger partial charge in [-0.1, -0.05) is 65.3 Å². The molecule has 2 saturated heterocycles. The third-order valence-corrected chi connectivity index (χ3v) is 9.23. The number of nitrogens with one attached hydrogen (secondary N) is 1. The summed E-state index contributed by atoms with van der Waals surface area (Å²) in [5.74, 6) is -1.52. The van der Waals surface area contributed by atoms with Crippen LogP contribution >= 0.6 is 11.6 Å². The van der Waals surface area contributed by atoms with E-state index in [9.17, 15) is 18.6 Å². The number of carbonyl (C=O) groups excluding carboxylic acids is 3. The van der Waals surface area contributed by atoms with Gasteiger partial charge in [0.05, 0.1) is 20.6 Å². The van der Waals surface area contributed by atoms with E-state index in [0.29, 0.717) is 10.6 Å². The second-order valence-electron chi connectivity index (χ2n) is 9.43. The van der Waals surface area contributed by atoms with Crippen molar-refractivity contribution in [3.63, 3.8) is 0 Å². The number of amides is 2. The van der Waals surface area contributed by atoms with E-state index in [1.807, 2.05) is 30.3 Å². The largest absolute Gasteiger partial charge is 0.459 e. The fourth-order valence-electron chi connectivity index (χ4n) is 4.77. The summed E-state index contributed by atoms with van der Waals surface area (Å²) in [5.41, 5.74) is 1.66. The summed E-state index contributed by atoms with van der Waals surface area (Å²) in [6.45, 7) is 4.92. The van der Waals surface area contributed by atoms with Gasteiger partial charge in [-0.05, 0) is 32.4 Å². The van der Waals surface area contributed by atoms with E-state index in [1.165, 1.54) is 4.90 Å². The number of aromatic nitrogens is 1. The Morgan fingerprint density at radius 3 is 2.54 bits per heavy atom.